The Bertz CT molecular complexity index is 447. The second-order valence-electron chi connectivity index (χ2n) is 4.79. The molecule has 1 unspecified atom stereocenters. The maximum absolute atomic E-state index is 5.82. The Morgan fingerprint density at radius 2 is 2.22 bits per heavy atom. The van der Waals surface area contributed by atoms with Crippen molar-refractivity contribution in [2.24, 2.45) is 5.73 Å². The molecule has 1 fully saturated rings. The van der Waals surface area contributed by atoms with Gasteiger partial charge >= 0.3 is 0 Å². The quantitative estimate of drug-likeness (QED) is 0.852. The molecule has 0 bridgehead atoms. The number of hydrogen-bond acceptors (Lipinski definition) is 3. The molecule has 4 heteroatoms. The molecule has 18 heavy (non-hydrogen) atoms. The van der Waals surface area contributed by atoms with Crippen LogP contribution in [0.4, 0.5) is 5.69 Å². The van der Waals surface area contributed by atoms with Gasteiger partial charge in [0.2, 0.25) is 0 Å². The smallest absolute Gasteiger partial charge is 0.120 e. The van der Waals surface area contributed by atoms with Gasteiger partial charge in [-0.1, -0.05) is 12.2 Å². The Hall–Kier alpha value is -1.29. The van der Waals surface area contributed by atoms with E-state index in [9.17, 15) is 0 Å². The predicted octanol–water partition coefficient (Wildman–Crippen LogP) is 2.71. The van der Waals surface area contributed by atoms with Crippen LogP contribution in [-0.2, 0) is 0 Å². The summed E-state index contributed by atoms with van der Waals surface area (Å²) in [5.74, 6) is 0.850. The van der Waals surface area contributed by atoms with Crippen LogP contribution in [0, 0.1) is 0 Å². The molecule has 1 aromatic rings. The fourth-order valence-corrected chi connectivity index (χ4v) is 2.71. The minimum Gasteiger partial charge on any atom is -0.497 e. The van der Waals surface area contributed by atoms with Crippen molar-refractivity contribution in [2.45, 2.75) is 32.2 Å². The number of thiocarbonyl (C=S) groups is 1. The second kappa shape index (κ2) is 5.57. The molecular weight excluding hydrogens is 244 g/mol. The highest BCUT2D eigenvalue weighted by Crippen LogP contribution is 2.31. The summed E-state index contributed by atoms with van der Waals surface area (Å²) < 4.78 is 5.30. The summed E-state index contributed by atoms with van der Waals surface area (Å²) in [4.78, 5) is 2.84. The third-order valence-corrected chi connectivity index (χ3v) is 3.80. The van der Waals surface area contributed by atoms with Crippen LogP contribution in [-0.4, -0.2) is 24.7 Å². The molecule has 0 aliphatic carbocycles. The zero-order valence-corrected chi connectivity index (χ0v) is 11.8. The standard InChI is InChI=1S/C14H20N2OS/c1-10-5-3-4-8-16(10)13-9-11(17-2)6-7-12(13)14(15)18/h6-7,9-10H,3-5,8H2,1-2H3,(H2,15,18). The maximum atomic E-state index is 5.82. The van der Waals surface area contributed by atoms with Gasteiger partial charge in [0.05, 0.1) is 12.8 Å². The highest BCUT2D eigenvalue weighted by atomic mass is 32.1. The Balaban J connectivity index is 2.42. The Labute approximate surface area is 114 Å². The van der Waals surface area contributed by atoms with E-state index in [-0.39, 0.29) is 0 Å². The van der Waals surface area contributed by atoms with Gasteiger partial charge in [0.1, 0.15) is 10.7 Å². The zero-order valence-electron chi connectivity index (χ0n) is 11.0. The third-order valence-electron chi connectivity index (χ3n) is 3.58. The average molecular weight is 264 g/mol. The van der Waals surface area contributed by atoms with E-state index in [0.29, 0.717) is 11.0 Å². The molecule has 1 aromatic carbocycles. The summed E-state index contributed by atoms with van der Waals surface area (Å²) in [6, 6.07) is 6.43. The first-order valence-electron chi connectivity index (χ1n) is 6.38. The number of hydrogen-bond donors (Lipinski definition) is 1. The number of piperidine rings is 1. The summed E-state index contributed by atoms with van der Waals surface area (Å²) in [7, 11) is 1.68. The van der Waals surface area contributed by atoms with E-state index in [1.807, 2.05) is 18.2 Å². The molecule has 98 valence electrons. The molecule has 0 radical (unpaired) electrons. The topological polar surface area (TPSA) is 38.5 Å². The van der Waals surface area contributed by atoms with E-state index in [2.05, 4.69) is 11.8 Å². The number of nitrogens with two attached hydrogens (primary N) is 1. The number of nitrogens with zero attached hydrogens (tertiary/aromatic N) is 1. The number of anilines is 1. The minimum atomic E-state index is 0.449. The van der Waals surface area contributed by atoms with E-state index in [1.54, 1.807) is 7.11 Å². The zero-order chi connectivity index (χ0) is 13.1. The van der Waals surface area contributed by atoms with Gasteiger partial charge in [-0.15, -0.1) is 0 Å². The van der Waals surface area contributed by atoms with Crippen LogP contribution >= 0.6 is 12.2 Å². The Morgan fingerprint density at radius 3 is 2.83 bits per heavy atom. The van der Waals surface area contributed by atoms with E-state index < -0.39 is 0 Å². The largest absolute Gasteiger partial charge is 0.497 e. The van der Waals surface area contributed by atoms with Crippen molar-refractivity contribution in [1.82, 2.24) is 0 Å². The van der Waals surface area contributed by atoms with Crippen LogP contribution in [0.25, 0.3) is 0 Å². The van der Waals surface area contributed by atoms with Crippen LogP contribution in [0.5, 0.6) is 5.75 Å². The van der Waals surface area contributed by atoms with Crippen LogP contribution in [0.15, 0.2) is 18.2 Å². The van der Waals surface area contributed by atoms with Gasteiger partial charge in [-0.3, -0.25) is 0 Å². The minimum absolute atomic E-state index is 0.449. The fourth-order valence-electron chi connectivity index (χ4n) is 2.54. The number of benzene rings is 1. The van der Waals surface area contributed by atoms with E-state index >= 15 is 0 Å². The molecule has 2 N–H and O–H groups in total. The molecule has 0 aromatic heterocycles. The van der Waals surface area contributed by atoms with E-state index in [1.165, 1.54) is 19.3 Å². The lowest BCUT2D eigenvalue weighted by atomic mass is 10.0. The van der Waals surface area contributed by atoms with Crippen molar-refractivity contribution in [3.05, 3.63) is 23.8 Å². The van der Waals surface area contributed by atoms with Crippen LogP contribution in [0.1, 0.15) is 31.7 Å². The molecule has 3 nitrogen and oxygen atoms in total. The molecule has 0 spiro atoms. The van der Waals surface area contributed by atoms with Crippen molar-refractivity contribution < 1.29 is 4.74 Å². The van der Waals surface area contributed by atoms with Crippen LogP contribution in [0.3, 0.4) is 0 Å². The number of ether oxygens (including phenoxy) is 1. The molecule has 0 saturated carbocycles. The molecule has 1 aliphatic heterocycles. The molecule has 1 atom stereocenters. The van der Waals surface area contributed by atoms with Crippen molar-refractivity contribution in [2.75, 3.05) is 18.6 Å². The van der Waals surface area contributed by atoms with Crippen molar-refractivity contribution in [1.29, 1.82) is 0 Å². The highest BCUT2D eigenvalue weighted by Gasteiger charge is 2.22. The van der Waals surface area contributed by atoms with Gasteiger partial charge in [-0.05, 0) is 38.3 Å². The summed E-state index contributed by atoms with van der Waals surface area (Å²) in [6.45, 7) is 3.31. The van der Waals surface area contributed by atoms with Gasteiger partial charge < -0.3 is 15.4 Å². The molecule has 2 rings (SSSR count). The third kappa shape index (κ3) is 2.58. The maximum Gasteiger partial charge on any atom is 0.120 e. The fraction of sp³-hybridized carbons (Fsp3) is 0.500. The summed E-state index contributed by atoms with van der Waals surface area (Å²) in [6.07, 6.45) is 3.73. The lowest BCUT2D eigenvalue weighted by molar-refractivity contribution is 0.414. The molecule has 1 aliphatic rings. The van der Waals surface area contributed by atoms with E-state index in [4.69, 9.17) is 22.7 Å². The van der Waals surface area contributed by atoms with Crippen LogP contribution < -0.4 is 15.4 Å². The lowest BCUT2D eigenvalue weighted by Gasteiger charge is -2.36. The first-order chi connectivity index (χ1) is 8.63. The van der Waals surface area contributed by atoms with Gasteiger partial charge in [-0.25, -0.2) is 0 Å². The van der Waals surface area contributed by atoms with Crippen LogP contribution in [0.2, 0.25) is 0 Å². The van der Waals surface area contributed by atoms with Gasteiger partial charge in [0.25, 0.3) is 0 Å². The van der Waals surface area contributed by atoms with Crippen molar-refractivity contribution in [3.8, 4) is 5.75 Å². The van der Waals surface area contributed by atoms with Gasteiger partial charge in [0.15, 0.2) is 0 Å². The SMILES string of the molecule is COc1ccc(C(N)=S)c(N2CCCCC2C)c1. The summed E-state index contributed by atoms with van der Waals surface area (Å²) in [5, 5.41) is 0. The monoisotopic (exact) mass is 264 g/mol. The first kappa shape index (κ1) is 13.1. The number of methoxy groups -OCH3 is 1. The molecule has 0 amide bonds. The first-order valence-corrected chi connectivity index (χ1v) is 6.79. The Kier molecular flexibility index (Phi) is 4.07. The molecule has 1 heterocycles. The molecule has 1 saturated heterocycles. The Morgan fingerprint density at radius 1 is 1.44 bits per heavy atom. The van der Waals surface area contributed by atoms with Gasteiger partial charge in [-0.2, -0.15) is 0 Å². The van der Waals surface area contributed by atoms with Crippen molar-refractivity contribution in [3.63, 3.8) is 0 Å². The summed E-state index contributed by atoms with van der Waals surface area (Å²) in [5.41, 5.74) is 7.87. The van der Waals surface area contributed by atoms with Crippen molar-refractivity contribution >= 4 is 22.9 Å². The highest BCUT2D eigenvalue weighted by molar-refractivity contribution is 7.80. The predicted molar refractivity (Wildman–Crippen MR) is 79.5 cm³/mol. The number of rotatable bonds is 3. The molecular formula is C14H20N2OS. The summed E-state index contributed by atoms with van der Waals surface area (Å²) >= 11 is 5.15. The second-order valence-corrected chi connectivity index (χ2v) is 5.23. The van der Waals surface area contributed by atoms with E-state index in [0.717, 1.165) is 23.5 Å². The van der Waals surface area contributed by atoms with Gasteiger partial charge in [0, 0.05) is 24.2 Å². The normalized spacial score (nSPS) is 19.7. The average Bonchev–Trinajstić information content (AvgIpc) is 2.38. The lowest BCUT2D eigenvalue weighted by Crippen LogP contribution is -2.38.